The summed E-state index contributed by atoms with van der Waals surface area (Å²) in [5.41, 5.74) is 3.57. The molecule has 0 aliphatic carbocycles. The maximum Gasteiger partial charge on any atom is 0.261 e. The molecular formula is C31H39N3O5S. The van der Waals surface area contributed by atoms with Crippen molar-refractivity contribution in [3.05, 3.63) is 77.4 Å². The SMILES string of the molecule is CCOc1ccc(CCNC(=O)c2ccc(N3CCCCC3)c(NS(=O)(=O)c3ccc(C)cc3)c2)cc1OCC. The highest BCUT2D eigenvalue weighted by Gasteiger charge is 2.21. The highest BCUT2D eigenvalue weighted by atomic mass is 32.2. The second-order valence-electron chi connectivity index (χ2n) is 9.85. The number of nitrogens with one attached hydrogen (secondary N) is 2. The van der Waals surface area contributed by atoms with Gasteiger partial charge >= 0.3 is 0 Å². The summed E-state index contributed by atoms with van der Waals surface area (Å²) in [7, 11) is -3.83. The summed E-state index contributed by atoms with van der Waals surface area (Å²) >= 11 is 0. The largest absolute Gasteiger partial charge is 0.490 e. The van der Waals surface area contributed by atoms with Crippen LogP contribution in [0.15, 0.2) is 65.6 Å². The molecule has 8 nitrogen and oxygen atoms in total. The third kappa shape index (κ3) is 7.47. The summed E-state index contributed by atoms with van der Waals surface area (Å²) < 4.78 is 40.6. The molecule has 1 saturated heterocycles. The number of ether oxygens (including phenoxy) is 2. The van der Waals surface area contributed by atoms with Gasteiger partial charge in [0.15, 0.2) is 11.5 Å². The standard InChI is InChI=1S/C31H39N3O5S/c1-4-38-29-16-11-24(21-30(29)39-5-2)17-18-32-31(35)25-12-15-28(34-19-7-6-8-20-34)27(22-25)33-40(36,37)26-13-9-23(3)10-14-26/h9-16,21-22,33H,4-8,17-20H2,1-3H3,(H,32,35). The van der Waals surface area contributed by atoms with Crippen LogP contribution in [0.4, 0.5) is 11.4 Å². The molecule has 0 saturated carbocycles. The highest BCUT2D eigenvalue weighted by Crippen LogP contribution is 2.32. The fraction of sp³-hybridized carbons (Fsp3) is 0.387. The van der Waals surface area contributed by atoms with Crippen molar-refractivity contribution in [2.75, 3.05) is 42.5 Å². The van der Waals surface area contributed by atoms with E-state index in [-0.39, 0.29) is 10.8 Å². The van der Waals surface area contributed by atoms with Gasteiger partial charge in [-0.1, -0.05) is 23.8 Å². The predicted octanol–water partition coefficient (Wildman–Crippen LogP) is 5.56. The Morgan fingerprint density at radius 2 is 1.57 bits per heavy atom. The zero-order valence-electron chi connectivity index (χ0n) is 23.5. The molecule has 1 heterocycles. The number of rotatable bonds is 12. The lowest BCUT2D eigenvalue weighted by atomic mass is 10.1. The first-order valence-corrected chi connectivity index (χ1v) is 15.4. The van der Waals surface area contributed by atoms with E-state index in [4.69, 9.17) is 9.47 Å². The number of anilines is 2. The summed E-state index contributed by atoms with van der Waals surface area (Å²) in [6.07, 6.45) is 3.85. The quantitative estimate of drug-likeness (QED) is 0.299. The van der Waals surface area contributed by atoms with Gasteiger partial charge in [-0.15, -0.1) is 0 Å². The number of nitrogens with zero attached hydrogens (tertiary/aromatic N) is 1. The fourth-order valence-electron chi connectivity index (χ4n) is 4.76. The number of hydrogen-bond acceptors (Lipinski definition) is 6. The lowest BCUT2D eigenvalue weighted by molar-refractivity contribution is 0.0954. The number of benzene rings is 3. The molecule has 1 aliphatic rings. The first-order chi connectivity index (χ1) is 19.3. The molecule has 1 amide bonds. The number of carbonyl (C=O) groups excluding carboxylic acids is 1. The van der Waals surface area contributed by atoms with Gasteiger partial charge in [0.25, 0.3) is 15.9 Å². The van der Waals surface area contributed by atoms with Crippen molar-refractivity contribution in [3.8, 4) is 11.5 Å². The molecule has 0 spiro atoms. The Hall–Kier alpha value is -3.72. The van der Waals surface area contributed by atoms with Crippen LogP contribution in [-0.4, -0.2) is 47.2 Å². The Kier molecular flexibility index (Phi) is 9.93. The molecular weight excluding hydrogens is 526 g/mol. The van der Waals surface area contributed by atoms with Crippen LogP contribution in [0.3, 0.4) is 0 Å². The summed E-state index contributed by atoms with van der Waals surface area (Å²) in [4.78, 5) is 15.5. The third-order valence-corrected chi connectivity index (χ3v) is 8.22. The minimum absolute atomic E-state index is 0.180. The van der Waals surface area contributed by atoms with E-state index < -0.39 is 10.0 Å². The Balaban J connectivity index is 1.50. The van der Waals surface area contributed by atoms with E-state index in [0.717, 1.165) is 49.2 Å². The van der Waals surface area contributed by atoms with E-state index in [2.05, 4.69) is 14.9 Å². The molecule has 3 aromatic rings. The molecule has 0 radical (unpaired) electrons. The molecule has 9 heteroatoms. The molecule has 40 heavy (non-hydrogen) atoms. The van der Waals surface area contributed by atoms with Gasteiger partial charge in [0.2, 0.25) is 0 Å². The second-order valence-corrected chi connectivity index (χ2v) is 11.5. The zero-order valence-corrected chi connectivity index (χ0v) is 24.4. The van der Waals surface area contributed by atoms with Crippen molar-refractivity contribution >= 4 is 27.3 Å². The maximum atomic E-state index is 13.2. The monoisotopic (exact) mass is 565 g/mol. The van der Waals surface area contributed by atoms with E-state index >= 15 is 0 Å². The van der Waals surface area contributed by atoms with Gasteiger partial charge in [0.1, 0.15) is 0 Å². The Morgan fingerprint density at radius 3 is 2.27 bits per heavy atom. The van der Waals surface area contributed by atoms with Crippen LogP contribution in [0, 0.1) is 6.92 Å². The van der Waals surface area contributed by atoms with Crippen LogP contribution >= 0.6 is 0 Å². The summed E-state index contributed by atoms with van der Waals surface area (Å²) in [5.74, 6) is 1.12. The molecule has 4 rings (SSSR count). The minimum Gasteiger partial charge on any atom is -0.490 e. The van der Waals surface area contributed by atoms with Crippen molar-refractivity contribution < 1.29 is 22.7 Å². The molecule has 0 atom stereocenters. The lowest BCUT2D eigenvalue weighted by Crippen LogP contribution is -2.31. The summed E-state index contributed by atoms with van der Waals surface area (Å²) in [6, 6.07) is 17.7. The van der Waals surface area contributed by atoms with E-state index in [9.17, 15) is 13.2 Å². The van der Waals surface area contributed by atoms with Crippen LogP contribution in [-0.2, 0) is 16.4 Å². The summed E-state index contributed by atoms with van der Waals surface area (Å²) in [6.45, 7) is 8.95. The maximum absolute atomic E-state index is 13.2. The van der Waals surface area contributed by atoms with Crippen LogP contribution < -0.4 is 24.4 Å². The highest BCUT2D eigenvalue weighted by molar-refractivity contribution is 7.92. The van der Waals surface area contributed by atoms with Gasteiger partial charge in [0, 0.05) is 25.2 Å². The topological polar surface area (TPSA) is 97.0 Å². The first kappa shape index (κ1) is 29.3. The smallest absolute Gasteiger partial charge is 0.261 e. The van der Waals surface area contributed by atoms with E-state index in [1.165, 1.54) is 0 Å². The number of hydrogen-bond donors (Lipinski definition) is 2. The van der Waals surface area contributed by atoms with Gasteiger partial charge < -0.3 is 19.7 Å². The molecule has 2 N–H and O–H groups in total. The van der Waals surface area contributed by atoms with Gasteiger partial charge in [-0.3, -0.25) is 9.52 Å². The molecule has 214 valence electrons. The van der Waals surface area contributed by atoms with E-state index in [0.29, 0.717) is 48.9 Å². The van der Waals surface area contributed by atoms with Gasteiger partial charge in [-0.2, -0.15) is 0 Å². The van der Waals surface area contributed by atoms with Crippen LogP contribution in [0.25, 0.3) is 0 Å². The van der Waals surface area contributed by atoms with Crippen LogP contribution in [0.2, 0.25) is 0 Å². The lowest BCUT2D eigenvalue weighted by Gasteiger charge is -2.31. The minimum atomic E-state index is -3.83. The molecule has 1 fully saturated rings. The van der Waals surface area contributed by atoms with Gasteiger partial charge in [-0.25, -0.2) is 8.42 Å². The Morgan fingerprint density at radius 1 is 0.875 bits per heavy atom. The van der Waals surface area contributed by atoms with Crippen molar-refractivity contribution in [1.29, 1.82) is 0 Å². The summed E-state index contributed by atoms with van der Waals surface area (Å²) in [5, 5.41) is 2.96. The number of aryl methyl sites for hydroxylation is 1. The Bertz CT molecular complexity index is 1400. The molecule has 0 aromatic heterocycles. The average molecular weight is 566 g/mol. The van der Waals surface area contributed by atoms with Crippen molar-refractivity contribution in [3.63, 3.8) is 0 Å². The number of amides is 1. The van der Waals surface area contributed by atoms with Crippen molar-refractivity contribution in [2.45, 2.75) is 51.3 Å². The van der Waals surface area contributed by atoms with E-state index in [1.807, 2.05) is 45.0 Å². The van der Waals surface area contributed by atoms with E-state index in [1.54, 1.807) is 36.4 Å². The average Bonchev–Trinajstić information content (AvgIpc) is 2.95. The molecule has 0 bridgehead atoms. The Labute approximate surface area is 237 Å². The van der Waals surface area contributed by atoms with Gasteiger partial charge in [-0.05, 0) is 94.5 Å². The first-order valence-electron chi connectivity index (χ1n) is 14.0. The van der Waals surface area contributed by atoms with Crippen molar-refractivity contribution in [1.82, 2.24) is 5.32 Å². The number of piperidine rings is 1. The van der Waals surface area contributed by atoms with Crippen LogP contribution in [0.5, 0.6) is 11.5 Å². The molecule has 3 aromatic carbocycles. The normalized spacial score (nSPS) is 13.5. The zero-order chi connectivity index (χ0) is 28.5. The third-order valence-electron chi connectivity index (χ3n) is 6.84. The predicted molar refractivity (Wildman–Crippen MR) is 159 cm³/mol. The van der Waals surface area contributed by atoms with Gasteiger partial charge in [0.05, 0.1) is 29.5 Å². The number of sulfonamides is 1. The number of carbonyl (C=O) groups is 1. The molecule has 0 unspecified atom stereocenters. The second kappa shape index (κ2) is 13.6. The molecule has 1 aliphatic heterocycles. The van der Waals surface area contributed by atoms with Crippen LogP contribution in [0.1, 0.15) is 54.6 Å². The van der Waals surface area contributed by atoms with Crippen molar-refractivity contribution in [2.24, 2.45) is 0 Å². The fourth-order valence-corrected chi connectivity index (χ4v) is 5.83.